The molecule has 1 heteroatoms. The number of ketones is 1. The molecule has 0 radical (unpaired) electrons. The molecule has 0 aromatic rings. The van der Waals surface area contributed by atoms with Gasteiger partial charge in [0.05, 0.1) is 0 Å². The van der Waals surface area contributed by atoms with Gasteiger partial charge < -0.3 is 0 Å². The second-order valence-electron chi connectivity index (χ2n) is 10.3. The minimum atomic E-state index is 0.330. The van der Waals surface area contributed by atoms with Crippen molar-refractivity contribution >= 4 is 5.78 Å². The first-order chi connectivity index (χ1) is 10.9. The van der Waals surface area contributed by atoms with Crippen LogP contribution in [0.3, 0.4) is 0 Å². The Balaban J connectivity index is 1.63. The maximum Gasteiger partial charge on any atom is 0.133 e. The zero-order valence-corrected chi connectivity index (χ0v) is 15.7. The molecule has 0 bridgehead atoms. The minimum Gasteiger partial charge on any atom is -0.300 e. The highest BCUT2D eigenvalue weighted by molar-refractivity contribution is 5.79. The fourth-order valence-corrected chi connectivity index (χ4v) is 8.33. The maximum atomic E-state index is 12.2. The van der Waals surface area contributed by atoms with Gasteiger partial charge in [0.25, 0.3) is 0 Å². The Hall–Kier alpha value is -0.330. The van der Waals surface area contributed by atoms with E-state index >= 15 is 0 Å². The Kier molecular flexibility index (Phi) is 3.75. The number of fused-ring (bicyclic) bond motifs is 5. The van der Waals surface area contributed by atoms with E-state index in [2.05, 4.69) is 20.8 Å². The molecule has 4 rings (SSSR count). The van der Waals surface area contributed by atoms with Gasteiger partial charge in [0.2, 0.25) is 0 Å². The van der Waals surface area contributed by atoms with Gasteiger partial charge in [-0.05, 0) is 98.7 Å². The SMILES string of the molecule is CC(=O)[C@H]1CC[C@H]2[C@@H]3CC[C@H]4CCC(C)C[C@]4(C)[C@H]3CC[C@]12C. The summed E-state index contributed by atoms with van der Waals surface area (Å²) in [5, 5.41) is 0. The summed E-state index contributed by atoms with van der Waals surface area (Å²) in [6.07, 6.45) is 12.6. The van der Waals surface area contributed by atoms with Crippen molar-refractivity contribution in [2.24, 2.45) is 46.3 Å². The highest BCUT2D eigenvalue weighted by Crippen LogP contribution is 2.67. The van der Waals surface area contributed by atoms with Crippen molar-refractivity contribution in [2.75, 3.05) is 0 Å². The number of carbonyl (C=O) groups excluding carboxylic acids is 1. The third-order valence-corrected chi connectivity index (χ3v) is 9.35. The van der Waals surface area contributed by atoms with E-state index in [1.54, 1.807) is 0 Å². The molecule has 0 amide bonds. The van der Waals surface area contributed by atoms with Crippen molar-refractivity contribution in [1.29, 1.82) is 0 Å². The monoisotopic (exact) mass is 316 g/mol. The second kappa shape index (κ2) is 5.33. The van der Waals surface area contributed by atoms with Crippen LogP contribution in [0.1, 0.15) is 85.5 Å². The van der Waals surface area contributed by atoms with Gasteiger partial charge in [-0.2, -0.15) is 0 Å². The molecule has 4 aliphatic carbocycles. The van der Waals surface area contributed by atoms with E-state index in [1.807, 2.05) is 6.92 Å². The van der Waals surface area contributed by atoms with Crippen LogP contribution >= 0.6 is 0 Å². The van der Waals surface area contributed by atoms with Crippen LogP contribution in [-0.4, -0.2) is 5.78 Å². The molecule has 1 unspecified atom stereocenters. The predicted molar refractivity (Wildman–Crippen MR) is 95.1 cm³/mol. The largest absolute Gasteiger partial charge is 0.300 e. The number of hydrogen-bond acceptors (Lipinski definition) is 1. The smallest absolute Gasteiger partial charge is 0.133 e. The zero-order valence-electron chi connectivity index (χ0n) is 15.7. The van der Waals surface area contributed by atoms with E-state index < -0.39 is 0 Å². The van der Waals surface area contributed by atoms with Gasteiger partial charge in [-0.1, -0.05) is 27.2 Å². The van der Waals surface area contributed by atoms with Crippen LogP contribution in [0.4, 0.5) is 0 Å². The summed E-state index contributed by atoms with van der Waals surface area (Å²) in [6.45, 7) is 9.47. The Bertz CT molecular complexity index is 496. The molecular weight excluding hydrogens is 280 g/mol. The average Bonchev–Trinajstić information content (AvgIpc) is 2.83. The molecule has 0 aromatic heterocycles. The van der Waals surface area contributed by atoms with Gasteiger partial charge in [-0.15, -0.1) is 0 Å². The summed E-state index contributed by atoms with van der Waals surface area (Å²) in [5.41, 5.74) is 0.937. The Labute approximate surface area is 143 Å². The van der Waals surface area contributed by atoms with Crippen molar-refractivity contribution < 1.29 is 4.79 Å². The molecule has 0 heterocycles. The van der Waals surface area contributed by atoms with Crippen LogP contribution in [0.25, 0.3) is 0 Å². The quantitative estimate of drug-likeness (QED) is 0.591. The molecule has 4 saturated carbocycles. The highest BCUT2D eigenvalue weighted by atomic mass is 16.1. The summed E-state index contributed by atoms with van der Waals surface area (Å²) in [5.74, 6) is 5.47. The Morgan fingerprint density at radius 3 is 2.30 bits per heavy atom. The fourth-order valence-electron chi connectivity index (χ4n) is 8.33. The third-order valence-electron chi connectivity index (χ3n) is 9.35. The lowest BCUT2D eigenvalue weighted by Gasteiger charge is -2.61. The normalized spacial score (nSPS) is 55.7. The Morgan fingerprint density at radius 1 is 0.870 bits per heavy atom. The van der Waals surface area contributed by atoms with Crippen LogP contribution in [0, 0.1) is 46.3 Å². The molecule has 0 saturated heterocycles. The molecule has 0 aliphatic heterocycles. The first-order valence-corrected chi connectivity index (χ1v) is 10.4. The lowest BCUT2D eigenvalue weighted by atomic mass is 9.44. The second-order valence-corrected chi connectivity index (χ2v) is 10.3. The van der Waals surface area contributed by atoms with Gasteiger partial charge >= 0.3 is 0 Å². The standard InChI is InChI=1S/C22H36O/c1-14-5-6-16-7-8-17-19-10-9-18(15(2)23)21(19,3)12-11-20(17)22(16,4)13-14/h14,16-20H,5-13H2,1-4H3/t14?,16-,17+,18-,19+,20+,21-,22+/m1/s1. The van der Waals surface area contributed by atoms with Crippen molar-refractivity contribution in [2.45, 2.75) is 85.5 Å². The number of rotatable bonds is 1. The van der Waals surface area contributed by atoms with Gasteiger partial charge in [-0.25, -0.2) is 0 Å². The van der Waals surface area contributed by atoms with Gasteiger partial charge in [0.1, 0.15) is 5.78 Å². The molecular formula is C22H36O. The summed E-state index contributed by atoms with van der Waals surface area (Å²) < 4.78 is 0. The summed E-state index contributed by atoms with van der Waals surface area (Å²) in [7, 11) is 0. The summed E-state index contributed by atoms with van der Waals surface area (Å²) in [4.78, 5) is 12.2. The fraction of sp³-hybridized carbons (Fsp3) is 0.955. The van der Waals surface area contributed by atoms with E-state index in [0.29, 0.717) is 22.5 Å². The molecule has 23 heavy (non-hydrogen) atoms. The predicted octanol–water partition coefficient (Wildman–Crippen LogP) is 5.87. The van der Waals surface area contributed by atoms with Gasteiger partial charge in [0, 0.05) is 5.92 Å². The molecule has 0 N–H and O–H groups in total. The van der Waals surface area contributed by atoms with Crippen LogP contribution in [-0.2, 0) is 4.79 Å². The molecule has 4 aliphatic rings. The molecule has 0 aromatic carbocycles. The molecule has 4 fully saturated rings. The van der Waals surface area contributed by atoms with E-state index in [-0.39, 0.29) is 0 Å². The number of carbonyl (C=O) groups is 1. The Morgan fingerprint density at radius 2 is 1.57 bits per heavy atom. The van der Waals surface area contributed by atoms with E-state index in [0.717, 1.165) is 29.6 Å². The van der Waals surface area contributed by atoms with Gasteiger partial charge in [0.15, 0.2) is 0 Å². The topological polar surface area (TPSA) is 17.1 Å². The first kappa shape index (κ1) is 16.2. The van der Waals surface area contributed by atoms with Crippen LogP contribution < -0.4 is 0 Å². The van der Waals surface area contributed by atoms with Crippen molar-refractivity contribution in [3.8, 4) is 0 Å². The maximum absolute atomic E-state index is 12.2. The summed E-state index contributed by atoms with van der Waals surface area (Å²) in [6, 6.07) is 0. The van der Waals surface area contributed by atoms with Crippen molar-refractivity contribution in [3.63, 3.8) is 0 Å². The molecule has 0 spiro atoms. The van der Waals surface area contributed by atoms with Gasteiger partial charge in [-0.3, -0.25) is 4.79 Å². The van der Waals surface area contributed by atoms with Crippen molar-refractivity contribution in [1.82, 2.24) is 0 Å². The number of Topliss-reactive ketones (excluding diaryl/α,β-unsaturated/α-hetero) is 1. The molecule has 130 valence electrons. The van der Waals surface area contributed by atoms with Crippen LogP contribution in [0.2, 0.25) is 0 Å². The average molecular weight is 317 g/mol. The van der Waals surface area contributed by atoms with E-state index in [9.17, 15) is 4.79 Å². The molecule has 1 nitrogen and oxygen atoms in total. The number of hydrogen-bond donors (Lipinski definition) is 0. The zero-order chi connectivity index (χ0) is 16.4. The summed E-state index contributed by atoms with van der Waals surface area (Å²) >= 11 is 0. The highest BCUT2D eigenvalue weighted by Gasteiger charge is 2.60. The van der Waals surface area contributed by atoms with E-state index in [4.69, 9.17) is 0 Å². The third kappa shape index (κ3) is 2.20. The van der Waals surface area contributed by atoms with Crippen LogP contribution in [0.15, 0.2) is 0 Å². The lowest BCUT2D eigenvalue weighted by molar-refractivity contribution is -0.135. The molecule has 8 atom stereocenters. The van der Waals surface area contributed by atoms with E-state index in [1.165, 1.54) is 57.8 Å². The van der Waals surface area contributed by atoms with Crippen LogP contribution in [0.5, 0.6) is 0 Å². The first-order valence-electron chi connectivity index (χ1n) is 10.4. The van der Waals surface area contributed by atoms with Crippen molar-refractivity contribution in [3.05, 3.63) is 0 Å². The lowest BCUT2D eigenvalue weighted by Crippen LogP contribution is -2.53. The minimum absolute atomic E-state index is 0.330.